The highest BCUT2D eigenvalue weighted by molar-refractivity contribution is 5.95. The van der Waals surface area contributed by atoms with E-state index in [4.69, 9.17) is 0 Å². The number of carbonyl (C=O) groups excluding carboxylic acids is 1. The molecule has 24 heavy (non-hydrogen) atoms. The van der Waals surface area contributed by atoms with Gasteiger partial charge in [0.05, 0.1) is 0 Å². The van der Waals surface area contributed by atoms with Gasteiger partial charge in [-0.1, -0.05) is 49.8 Å². The van der Waals surface area contributed by atoms with Crippen LogP contribution in [0.2, 0.25) is 0 Å². The average molecular weight is 327 g/mol. The maximum atomic E-state index is 12.1. The summed E-state index contributed by atoms with van der Waals surface area (Å²) in [5.41, 5.74) is 2.36. The lowest BCUT2D eigenvalue weighted by Crippen LogP contribution is -2.42. The Kier molecular flexibility index (Phi) is 5.71. The van der Waals surface area contributed by atoms with Crippen LogP contribution in [-0.4, -0.2) is 16.2 Å². The standard InChI is InChI=1S/C20H25NO3/c1-4-5-11-20(21(23)24)13-18(12-17-9-7-6-8-10-17)15(2)19(14-20)16(3)22/h6-10,12H,4-5,11,13-14H2,1-3H3/b18-12+. The van der Waals surface area contributed by atoms with Gasteiger partial charge in [0.15, 0.2) is 5.78 Å². The molecule has 1 atom stereocenters. The molecule has 4 heteroatoms. The summed E-state index contributed by atoms with van der Waals surface area (Å²) >= 11 is 0. The summed E-state index contributed by atoms with van der Waals surface area (Å²) in [4.78, 5) is 23.8. The molecule has 0 fully saturated rings. The highest BCUT2D eigenvalue weighted by atomic mass is 16.6. The van der Waals surface area contributed by atoms with Crippen molar-refractivity contribution in [3.63, 3.8) is 0 Å². The number of benzene rings is 1. The number of nitrogens with zero attached hydrogens (tertiary/aromatic N) is 1. The van der Waals surface area contributed by atoms with E-state index in [2.05, 4.69) is 0 Å². The van der Waals surface area contributed by atoms with Crippen molar-refractivity contribution in [2.75, 3.05) is 0 Å². The Labute approximate surface area is 143 Å². The maximum absolute atomic E-state index is 12.1. The number of Topliss-reactive ketones (excluding diaryl/α,β-unsaturated/α-hetero) is 1. The number of hydrogen-bond acceptors (Lipinski definition) is 3. The first-order chi connectivity index (χ1) is 11.4. The van der Waals surface area contributed by atoms with E-state index in [1.807, 2.05) is 50.3 Å². The third kappa shape index (κ3) is 3.81. The Morgan fingerprint density at radius 3 is 2.50 bits per heavy atom. The Morgan fingerprint density at radius 1 is 1.29 bits per heavy atom. The molecule has 1 aromatic rings. The van der Waals surface area contributed by atoms with Gasteiger partial charge in [0.2, 0.25) is 5.54 Å². The fourth-order valence-electron chi connectivity index (χ4n) is 3.41. The fourth-order valence-corrected chi connectivity index (χ4v) is 3.41. The summed E-state index contributed by atoms with van der Waals surface area (Å²) in [5, 5.41) is 11.9. The highest BCUT2D eigenvalue weighted by Crippen LogP contribution is 2.42. The monoisotopic (exact) mass is 327 g/mol. The molecule has 0 spiro atoms. The molecule has 1 aliphatic rings. The molecule has 2 rings (SSSR count). The molecule has 0 amide bonds. The van der Waals surface area contributed by atoms with Crippen LogP contribution in [0.3, 0.4) is 0 Å². The van der Waals surface area contributed by atoms with Gasteiger partial charge in [-0.05, 0) is 37.0 Å². The van der Waals surface area contributed by atoms with Crippen LogP contribution in [0.5, 0.6) is 0 Å². The van der Waals surface area contributed by atoms with Crippen LogP contribution in [0.25, 0.3) is 6.08 Å². The Balaban J connectivity index is 2.52. The van der Waals surface area contributed by atoms with Gasteiger partial charge in [-0.15, -0.1) is 0 Å². The van der Waals surface area contributed by atoms with E-state index >= 15 is 0 Å². The van der Waals surface area contributed by atoms with Gasteiger partial charge in [-0.2, -0.15) is 0 Å². The summed E-state index contributed by atoms with van der Waals surface area (Å²) in [6, 6.07) is 9.77. The second kappa shape index (κ2) is 7.56. The molecule has 0 aliphatic heterocycles. The molecular weight excluding hydrogens is 302 g/mol. The van der Waals surface area contributed by atoms with Crippen LogP contribution < -0.4 is 0 Å². The van der Waals surface area contributed by atoms with Crippen molar-refractivity contribution in [3.8, 4) is 0 Å². The van der Waals surface area contributed by atoms with Crippen molar-refractivity contribution < 1.29 is 9.72 Å². The molecule has 128 valence electrons. The minimum absolute atomic E-state index is 0.0612. The maximum Gasteiger partial charge on any atom is 0.230 e. The van der Waals surface area contributed by atoms with E-state index < -0.39 is 5.54 Å². The molecule has 4 nitrogen and oxygen atoms in total. The zero-order valence-corrected chi connectivity index (χ0v) is 14.7. The van der Waals surface area contributed by atoms with Gasteiger partial charge in [-0.3, -0.25) is 14.9 Å². The van der Waals surface area contributed by atoms with Gasteiger partial charge in [0, 0.05) is 29.8 Å². The number of ketones is 1. The quantitative estimate of drug-likeness (QED) is 0.547. The minimum Gasteiger partial charge on any atom is -0.295 e. The van der Waals surface area contributed by atoms with Crippen LogP contribution in [0, 0.1) is 10.1 Å². The minimum atomic E-state index is -1.06. The lowest BCUT2D eigenvalue weighted by atomic mass is 9.72. The Hall–Kier alpha value is -2.23. The van der Waals surface area contributed by atoms with Crippen LogP contribution >= 0.6 is 0 Å². The lowest BCUT2D eigenvalue weighted by Gasteiger charge is -2.32. The zero-order chi connectivity index (χ0) is 17.7. The number of rotatable bonds is 6. The Morgan fingerprint density at radius 2 is 1.96 bits per heavy atom. The number of unbranched alkanes of at least 4 members (excludes halogenated alkanes) is 1. The molecule has 0 N–H and O–H groups in total. The molecule has 1 unspecified atom stereocenters. The predicted molar refractivity (Wildman–Crippen MR) is 96.3 cm³/mol. The van der Waals surface area contributed by atoms with Crippen LogP contribution in [-0.2, 0) is 4.79 Å². The van der Waals surface area contributed by atoms with Crippen LogP contribution in [0.4, 0.5) is 0 Å². The van der Waals surface area contributed by atoms with E-state index in [0.29, 0.717) is 18.4 Å². The van der Waals surface area contributed by atoms with E-state index in [9.17, 15) is 14.9 Å². The van der Waals surface area contributed by atoms with Crippen molar-refractivity contribution in [2.24, 2.45) is 0 Å². The number of nitro groups is 1. The van der Waals surface area contributed by atoms with Crippen LogP contribution in [0.15, 0.2) is 47.1 Å². The van der Waals surface area contributed by atoms with Crippen molar-refractivity contribution in [3.05, 3.63) is 62.7 Å². The lowest BCUT2D eigenvalue weighted by molar-refractivity contribution is -0.571. The third-order valence-electron chi connectivity index (χ3n) is 4.91. The summed E-state index contributed by atoms with van der Waals surface area (Å²) < 4.78 is 0. The van der Waals surface area contributed by atoms with Crippen molar-refractivity contribution in [1.82, 2.24) is 0 Å². The molecular formula is C20H25NO3. The summed E-state index contributed by atoms with van der Waals surface area (Å²) in [7, 11) is 0. The molecule has 0 saturated carbocycles. The van der Waals surface area contributed by atoms with E-state index in [1.54, 1.807) is 0 Å². The van der Waals surface area contributed by atoms with Gasteiger partial charge in [0.1, 0.15) is 0 Å². The summed E-state index contributed by atoms with van der Waals surface area (Å²) in [6.07, 6.45) is 4.83. The van der Waals surface area contributed by atoms with Gasteiger partial charge in [-0.25, -0.2) is 0 Å². The first-order valence-electron chi connectivity index (χ1n) is 8.51. The summed E-state index contributed by atoms with van der Waals surface area (Å²) in [5.74, 6) is -0.0612. The van der Waals surface area contributed by atoms with E-state index in [1.165, 1.54) is 6.92 Å². The van der Waals surface area contributed by atoms with Crippen molar-refractivity contribution in [2.45, 2.75) is 58.4 Å². The Bertz CT molecular complexity index is 688. The van der Waals surface area contributed by atoms with E-state index in [-0.39, 0.29) is 17.1 Å². The molecule has 0 radical (unpaired) electrons. The van der Waals surface area contributed by atoms with Crippen LogP contribution in [0.1, 0.15) is 58.4 Å². The molecule has 0 aromatic heterocycles. The second-order valence-corrected chi connectivity index (χ2v) is 6.68. The first kappa shape index (κ1) is 18.1. The average Bonchev–Trinajstić information content (AvgIpc) is 2.56. The highest BCUT2D eigenvalue weighted by Gasteiger charge is 2.47. The van der Waals surface area contributed by atoms with Gasteiger partial charge in [0.25, 0.3) is 0 Å². The SMILES string of the molecule is CCCCC1([N+](=O)[O-])CC(C(C)=O)=C(C)/C(=C/c2ccccc2)C1. The topological polar surface area (TPSA) is 60.2 Å². The zero-order valence-electron chi connectivity index (χ0n) is 14.7. The van der Waals surface area contributed by atoms with Gasteiger partial charge >= 0.3 is 0 Å². The van der Waals surface area contributed by atoms with Crippen molar-refractivity contribution in [1.29, 1.82) is 0 Å². The van der Waals surface area contributed by atoms with Crippen molar-refractivity contribution >= 4 is 11.9 Å². The largest absolute Gasteiger partial charge is 0.295 e. The molecule has 1 aliphatic carbocycles. The van der Waals surface area contributed by atoms with Gasteiger partial charge < -0.3 is 0 Å². The number of allylic oxidation sites excluding steroid dienone is 1. The third-order valence-corrected chi connectivity index (χ3v) is 4.91. The van der Waals surface area contributed by atoms with E-state index in [0.717, 1.165) is 29.6 Å². The second-order valence-electron chi connectivity index (χ2n) is 6.68. The first-order valence-corrected chi connectivity index (χ1v) is 8.51. The number of hydrogen-bond donors (Lipinski definition) is 0. The summed E-state index contributed by atoms with van der Waals surface area (Å²) in [6.45, 7) is 5.45. The number of carbonyl (C=O) groups is 1. The molecule has 0 heterocycles. The molecule has 0 bridgehead atoms. The smallest absolute Gasteiger partial charge is 0.230 e. The molecule has 1 aromatic carbocycles. The molecule has 0 saturated heterocycles. The predicted octanol–water partition coefficient (Wildman–Crippen LogP) is 4.98. The normalized spacial score (nSPS) is 22.7. The fraction of sp³-hybridized carbons (Fsp3) is 0.450.